The highest BCUT2D eigenvalue weighted by molar-refractivity contribution is 5.92. The topological polar surface area (TPSA) is 157 Å². The summed E-state index contributed by atoms with van der Waals surface area (Å²) in [6, 6.07) is -2.59. The van der Waals surface area contributed by atoms with Gasteiger partial charge in [0.25, 0.3) is 0 Å². The van der Waals surface area contributed by atoms with Gasteiger partial charge in [0.15, 0.2) is 6.04 Å². The summed E-state index contributed by atoms with van der Waals surface area (Å²) >= 11 is 0. The van der Waals surface area contributed by atoms with E-state index in [1.807, 2.05) is 13.8 Å². The Morgan fingerprint density at radius 1 is 1.15 bits per heavy atom. The number of rotatable bonds is 10. The lowest BCUT2D eigenvalue weighted by Crippen LogP contribution is -2.56. The van der Waals surface area contributed by atoms with Gasteiger partial charge in [-0.05, 0) is 32.2 Å². The molecule has 27 heavy (non-hydrogen) atoms. The lowest BCUT2D eigenvalue weighted by Gasteiger charge is -2.25. The number of amides is 3. The van der Waals surface area contributed by atoms with E-state index in [9.17, 15) is 24.3 Å². The SMILES string of the molecule is CCC(C)C(NC(=O)C1CCCN1)C(=O)NCC(=O)NC(C(=O)O)C(C)O. The van der Waals surface area contributed by atoms with E-state index in [0.29, 0.717) is 12.8 Å². The molecular weight excluding hydrogens is 356 g/mol. The summed E-state index contributed by atoms with van der Waals surface area (Å²) in [4.78, 5) is 47.6. The monoisotopic (exact) mass is 386 g/mol. The van der Waals surface area contributed by atoms with E-state index in [1.165, 1.54) is 6.92 Å². The summed E-state index contributed by atoms with van der Waals surface area (Å²) < 4.78 is 0. The lowest BCUT2D eigenvalue weighted by atomic mass is 9.97. The zero-order valence-electron chi connectivity index (χ0n) is 15.9. The molecule has 1 aliphatic heterocycles. The second-order valence-corrected chi connectivity index (χ2v) is 6.86. The summed E-state index contributed by atoms with van der Waals surface area (Å²) in [5.74, 6) is -3.04. The first-order valence-electron chi connectivity index (χ1n) is 9.19. The molecule has 1 heterocycles. The number of hydrogen-bond acceptors (Lipinski definition) is 6. The standard InChI is InChI=1S/C17H30N4O6/c1-4-9(2)13(21-15(24)11-6-5-7-18-11)16(25)19-8-12(23)20-14(10(3)22)17(26)27/h9-11,13-14,18,22H,4-8H2,1-3H3,(H,19,25)(H,20,23)(H,21,24)(H,26,27). The Morgan fingerprint density at radius 3 is 2.30 bits per heavy atom. The highest BCUT2D eigenvalue weighted by Gasteiger charge is 2.31. The van der Waals surface area contributed by atoms with Crippen LogP contribution in [-0.2, 0) is 19.2 Å². The van der Waals surface area contributed by atoms with E-state index in [4.69, 9.17) is 5.11 Å². The maximum absolute atomic E-state index is 12.5. The zero-order chi connectivity index (χ0) is 20.6. The molecule has 0 aromatic carbocycles. The molecule has 0 aromatic heterocycles. The molecule has 0 aromatic rings. The van der Waals surface area contributed by atoms with Gasteiger partial charge < -0.3 is 31.5 Å². The molecule has 0 bridgehead atoms. The normalized spacial score (nSPS) is 20.8. The predicted octanol–water partition coefficient (Wildman–Crippen LogP) is -1.66. The fourth-order valence-electron chi connectivity index (χ4n) is 2.75. The van der Waals surface area contributed by atoms with Gasteiger partial charge in [0, 0.05) is 0 Å². The molecule has 1 saturated heterocycles. The number of hydrogen-bond donors (Lipinski definition) is 6. The molecule has 6 N–H and O–H groups in total. The second-order valence-electron chi connectivity index (χ2n) is 6.86. The van der Waals surface area contributed by atoms with Crippen molar-refractivity contribution >= 4 is 23.7 Å². The Hall–Kier alpha value is -2.20. The van der Waals surface area contributed by atoms with Gasteiger partial charge in [0.05, 0.1) is 18.7 Å². The molecular formula is C17H30N4O6. The quantitative estimate of drug-likeness (QED) is 0.262. The summed E-state index contributed by atoms with van der Waals surface area (Å²) in [5, 5.41) is 28.7. The molecule has 0 radical (unpaired) electrons. The minimum atomic E-state index is -1.46. The predicted molar refractivity (Wildman–Crippen MR) is 96.7 cm³/mol. The van der Waals surface area contributed by atoms with E-state index in [-0.39, 0.29) is 17.9 Å². The van der Waals surface area contributed by atoms with Crippen molar-refractivity contribution < 1.29 is 29.4 Å². The van der Waals surface area contributed by atoms with Crippen molar-refractivity contribution in [1.29, 1.82) is 0 Å². The minimum absolute atomic E-state index is 0.150. The van der Waals surface area contributed by atoms with Gasteiger partial charge in [-0.2, -0.15) is 0 Å². The lowest BCUT2D eigenvalue weighted by molar-refractivity contribution is -0.144. The first kappa shape index (κ1) is 22.8. The van der Waals surface area contributed by atoms with Gasteiger partial charge >= 0.3 is 5.97 Å². The van der Waals surface area contributed by atoms with Crippen LogP contribution in [0.25, 0.3) is 0 Å². The van der Waals surface area contributed by atoms with Crippen molar-refractivity contribution in [3.8, 4) is 0 Å². The van der Waals surface area contributed by atoms with Crippen LogP contribution in [0.1, 0.15) is 40.0 Å². The van der Waals surface area contributed by atoms with Crippen molar-refractivity contribution in [3.63, 3.8) is 0 Å². The van der Waals surface area contributed by atoms with Gasteiger partial charge in [-0.15, -0.1) is 0 Å². The van der Waals surface area contributed by atoms with Gasteiger partial charge in [-0.25, -0.2) is 4.79 Å². The van der Waals surface area contributed by atoms with E-state index in [0.717, 1.165) is 13.0 Å². The average Bonchev–Trinajstić information content (AvgIpc) is 3.15. The van der Waals surface area contributed by atoms with Crippen molar-refractivity contribution in [1.82, 2.24) is 21.3 Å². The van der Waals surface area contributed by atoms with Crippen molar-refractivity contribution in [2.24, 2.45) is 5.92 Å². The third-order valence-corrected chi connectivity index (χ3v) is 4.66. The van der Waals surface area contributed by atoms with E-state index < -0.39 is 42.5 Å². The summed E-state index contributed by atoms with van der Waals surface area (Å²) in [6.45, 7) is 5.24. The molecule has 5 atom stereocenters. The van der Waals surface area contributed by atoms with Crippen LogP contribution < -0.4 is 21.3 Å². The number of carboxylic acid groups (broad SMARTS) is 1. The maximum Gasteiger partial charge on any atom is 0.328 e. The fraction of sp³-hybridized carbons (Fsp3) is 0.765. The van der Waals surface area contributed by atoms with Crippen LogP contribution in [0, 0.1) is 5.92 Å². The molecule has 3 amide bonds. The highest BCUT2D eigenvalue weighted by atomic mass is 16.4. The average molecular weight is 386 g/mol. The second kappa shape index (κ2) is 10.8. The van der Waals surface area contributed by atoms with Crippen LogP contribution in [-0.4, -0.2) is 71.2 Å². The number of nitrogens with one attached hydrogen (secondary N) is 4. The highest BCUT2D eigenvalue weighted by Crippen LogP contribution is 2.10. The third kappa shape index (κ3) is 7.14. The van der Waals surface area contributed by atoms with Crippen LogP contribution in [0.2, 0.25) is 0 Å². The number of carboxylic acids is 1. The Morgan fingerprint density at radius 2 is 1.81 bits per heavy atom. The zero-order valence-corrected chi connectivity index (χ0v) is 15.9. The molecule has 10 heteroatoms. The Balaban J connectivity index is 2.61. The molecule has 0 aliphatic carbocycles. The molecule has 0 saturated carbocycles. The number of carbonyl (C=O) groups excluding carboxylic acids is 3. The van der Waals surface area contributed by atoms with Crippen LogP contribution in [0.4, 0.5) is 0 Å². The maximum atomic E-state index is 12.5. The van der Waals surface area contributed by atoms with Gasteiger partial charge in [-0.3, -0.25) is 14.4 Å². The molecule has 5 unspecified atom stereocenters. The fourth-order valence-corrected chi connectivity index (χ4v) is 2.75. The van der Waals surface area contributed by atoms with E-state index in [2.05, 4.69) is 21.3 Å². The summed E-state index contributed by atoms with van der Waals surface area (Å²) in [6.07, 6.45) is 0.963. The number of carbonyl (C=O) groups is 4. The first-order valence-corrected chi connectivity index (χ1v) is 9.19. The smallest absolute Gasteiger partial charge is 0.328 e. The van der Waals surface area contributed by atoms with E-state index >= 15 is 0 Å². The van der Waals surface area contributed by atoms with Gasteiger partial charge in [0.1, 0.15) is 6.04 Å². The van der Waals surface area contributed by atoms with Gasteiger partial charge in [0.2, 0.25) is 17.7 Å². The molecule has 1 aliphatic rings. The van der Waals surface area contributed by atoms with Crippen molar-refractivity contribution in [2.75, 3.05) is 13.1 Å². The van der Waals surface area contributed by atoms with Crippen molar-refractivity contribution in [3.05, 3.63) is 0 Å². The molecule has 1 rings (SSSR count). The van der Waals surface area contributed by atoms with Crippen LogP contribution in [0.3, 0.4) is 0 Å². The number of aliphatic hydroxyl groups excluding tert-OH is 1. The number of aliphatic carboxylic acids is 1. The molecule has 0 spiro atoms. The summed E-state index contributed by atoms with van der Waals surface area (Å²) in [5.41, 5.74) is 0. The summed E-state index contributed by atoms with van der Waals surface area (Å²) in [7, 11) is 0. The van der Waals surface area contributed by atoms with Gasteiger partial charge in [-0.1, -0.05) is 20.3 Å². The molecule has 154 valence electrons. The van der Waals surface area contributed by atoms with E-state index in [1.54, 1.807) is 0 Å². The van der Waals surface area contributed by atoms with Crippen LogP contribution in [0.15, 0.2) is 0 Å². The Kier molecular flexibility index (Phi) is 9.16. The number of aliphatic hydroxyl groups is 1. The Labute approximate surface area is 158 Å². The third-order valence-electron chi connectivity index (χ3n) is 4.66. The largest absolute Gasteiger partial charge is 0.480 e. The molecule has 10 nitrogen and oxygen atoms in total. The molecule has 1 fully saturated rings. The first-order chi connectivity index (χ1) is 12.7. The minimum Gasteiger partial charge on any atom is -0.480 e. The Bertz CT molecular complexity index is 548. The van der Waals surface area contributed by atoms with Crippen molar-refractivity contribution in [2.45, 2.75) is 64.3 Å². The van der Waals surface area contributed by atoms with Crippen LogP contribution in [0.5, 0.6) is 0 Å². The van der Waals surface area contributed by atoms with Crippen LogP contribution >= 0.6 is 0 Å².